The normalized spacial score (nSPS) is 21.0. The van der Waals surface area contributed by atoms with Crippen molar-refractivity contribution >= 4 is 33.6 Å². The van der Waals surface area contributed by atoms with Crippen LogP contribution in [0.4, 0.5) is 10.2 Å². The molecular weight excluding hydrogens is 357 g/mol. The van der Waals surface area contributed by atoms with E-state index in [1.165, 1.54) is 4.90 Å². The number of rotatable bonds is 5. The Morgan fingerprint density at radius 2 is 2.27 bits per heavy atom. The lowest BCUT2D eigenvalue weighted by molar-refractivity contribution is -0.136. The summed E-state index contributed by atoms with van der Waals surface area (Å²) in [5.74, 6) is -0.428. The van der Waals surface area contributed by atoms with Gasteiger partial charge in [0.25, 0.3) is 0 Å². The first-order valence-electron chi connectivity index (χ1n) is 6.78. The van der Waals surface area contributed by atoms with Gasteiger partial charge in [0.1, 0.15) is 22.6 Å². The van der Waals surface area contributed by atoms with Crippen LogP contribution in [0, 0.1) is 0 Å². The lowest BCUT2D eigenvalue weighted by atomic mass is 10.2. The zero-order valence-corrected chi connectivity index (χ0v) is 13.6. The predicted octanol–water partition coefficient (Wildman–Crippen LogP) is 0.446. The Kier molecular flexibility index (Phi) is 5.81. The standard InChI is InChI=1S/C13H17BrFN5O2/c1-16-17-6-12(21)20-7-8(15)5-9(20)13(22)19-11-4-2-3-10(14)18-11/h2-4,8-9,16-17H,5-7H2,1H3,(H,18,19,22)/t8-,9+/m1/s1. The van der Waals surface area contributed by atoms with Gasteiger partial charge < -0.3 is 10.2 Å². The zero-order valence-electron chi connectivity index (χ0n) is 12.0. The molecule has 2 rings (SSSR count). The molecule has 2 amide bonds. The van der Waals surface area contributed by atoms with Crippen LogP contribution in [0.1, 0.15) is 6.42 Å². The molecule has 0 bridgehead atoms. The number of nitrogens with zero attached hydrogens (tertiary/aromatic N) is 2. The van der Waals surface area contributed by atoms with Gasteiger partial charge in [-0.05, 0) is 35.1 Å². The molecule has 0 radical (unpaired) electrons. The van der Waals surface area contributed by atoms with E-state index in [1.807, 2.05) is 0 Å². The van der Waals surface area contributed by atoms with Crippen LogP contribution in [0.5, 0.6) is 0 Å². The molecule has 1 saturated heterocycles. The molecule has 120 valence electrons. The number of hydrazine groups is 1. The van der Waals surface area contributed by atoms with Gasteiger partial charge in [-0.2, -0.15) is 0 Å². The number of pyridine rings is 1. The first kappa shape index (κ1) is 16.8. The Balaban J connectivity index is 2.04. The topological polar surface area (TPSA) is 86.4 Å². The van der Waals surface area contributed by atoms with Crippen molar-refractivity contribution in [3.05, 3.63) is 22.8 Å². The lowest BCUT2D eigenvalue weighted by Gasteiger charge is -2.23. The van der Waals surface area contributed by atoms with E-state index < -0.39 is 18.1 Å². The van der Waals surface area contributed by atoms with E-state index in [-0.39, 0.29) is 25.4 Å². The molecule has 0 aromatic carbocycles. The molecule has 1 fully saturated rings. The van der Waals surface area contributed by atoms with Gasteiger partial charge in [-0.3, -0.25) is 15.0 Å². The van der Waals surface area contributed by atoms with Gasteiger partial charge >= 0.3 is 0 Å². The van der Waals surface area contributed by atoms with Gasteiger partial charge in [-0.25, -0.2) is 14.8 Å². The predicted molar refractivity (Wildman–Crippen MR) is 82.6 cm³/mol. The second-order valence-electron chi connectivity index (χ2n) is 4.83. The van der Waals surface area contributed by atoms with Crippen LogP contribution in [0.2, 0.25) is 0 Å². The highest BCUT2D eigenvalue weighted by Crippen LogP contribution is 2.22. The first-order chi connectivity index (χ1) is 10.5. The average molecular weight is 374 g/mol. The highest BCUT2D eigenvalue weighted by Gasteiger charge is 2.39. The van der Waals surface area contributed by atoms with Gasteiger partial charge in [-0.1, -0.05) is 6.07 Å². The summed E-state index contributed by atoms with van der Waals surface area (Å²) in [5.41, 5.74) is 5.26. The summed E-state index contributed by atoms with van der Waals surface area (Å²) >= 11 is 3.21. The van der Waals surface area contributed by atoms with Crippen LogP contribution in [-0.4, -0.2) is 54.0 Å². The fraction of sp³-hybridized carbons (Fsp3) is 0.462. The van der Waals surface area contributed by atoms with Gasteiger partial charge in [-0.15, -0.1) is 0 Å². The van der Waals surface area contributed by atoms with E-state index in [1.54, 1.807) is 25.2 Å². The molecule has 0 spiro atoms. The summed E-state index contributed by atoms with van der Waals surface area (Å²) in [5, 5.41) is 2.61. The Morgan fingerprint density at radius 3 is 2.95 bits per heavy atom. The van der Waals surface area contributed by atoms with Crippen molar-refractivity contribution in [1.82, 2.24) is 20.7 Å². The molecule has 1 aromatic rings. The second-order valence-corrected chi connectivity index (χ2v) is 5.65. The Hall–Kier alpha value is -1.58. The van der Waals surface area contributed by atoms with E-state index in [2.05, 4.69) is 37.1 Å². The maximum atomic E-state index is 13.6. The SMILES string of the molecule is CNNCC(=O)N1C[C@H](F)C[C@H]1C(=O)Nc1cccc(Br)n1. The lowest BCUT2D eigenvalue weighted by Crippen LogP contribution is -2.48. The van der Waals surface area contributed by atoms with E-state index in [0.29, 0.717) is 10.4 Å². The van der Waals surface area contributed by atoms with E-state index in [9.17, 15) is 14.0 Å². The summed E-state index contributed by atoms with van der Waals surface area (Å²) in [7, 11) is 1.62. The van der Waals surface area contributed by atoms with Crippen molar-refractivity contribution in [3.8, 4) is 0 Å². The van der Waals surface area contributed by atoms with Crippen molar-refractivity contribution in [2.45, 2.75) is 18.6 Å². The molecule has 1 aliphatic heterocycles. The summed E-state index contributed by atoms with van der Waals surface area (Å²) in [4.78, 5) is 29.7. The fourth-order valence-corrected chi connectivity index (χ4v) is 2.61. The maximum absolute atomic E-state index is 13.6. The molecule has 0 unspecified atom stereocenters. The van der Waals surface area contributed by atoms with Gasteiger partial charge in [0.05, 0.1) is 13.1 Å². The third kappa shape index (κ3) is 4.21. The monoisotopic (exact) mass is 373 g/mol. The number of hydrogen-bond acceptors (Lipinski definition) is 5. The number of anilines is 1. The number of halogens is 2. The van der Waals surface area contributed by atoms with Crippen molar-refractivity contribution in [2.75, 3.05) is 25.5 Å². The molecule has 0 saturated carbocycles. The number of carbonyl (C=O) groups is 2. The first-order valence-corrected chi connectivity index (χ1v) is 7.57. The summed E-state index contributed by atoms with van der Waals surface area (Å²) in [6, 6.07) is 4.24. The Bertz CT molecular complexity index is 559. The van der Waals surface area contributed by atoms with Gasteiger partial charge in [0.15, 0.2) is 0 Å². The minimum absolute atomic E-state index is 0.00880. The highest BCUT2D eigenvalue weighted by molar-refractivity contribution is 9.10. The van der Waals surface area contributed by atoms with Crippen molar-refractivity contribution in [3.63, 3.8) is 0 Å². The number of carbonyl (C=O) groups excluding carboxylic acids is 2. The molecule has 0 aliphatic carbocycles. The molecule has 1 aliphatic rings. The third-order valence-electron chi connectivity index (χ3n) is 3.26. The number of likely N-dealkylation sites (tertiary alicyclic amines) is 1. The minimum atomic E-state index is -1.20. The van der Waals surface area contributed by atoms with Crippen LogP contribution in [0.15, 0.2) is 22.8 Å². The van der Waals surface area contributed by atoms with Crippen LogP contribution in [-0.2, 0) is 9.59 Å². The van der Waals surface area contributed by atoms with Crippen molar-refractivity contribution in [1.29, 1.82) is 0 Å². The summed E-state index contributed by atoms with van der Waals surface area (Å²) in [6.45, 7) is -0.0869. The quantitative estimate of drug-likeness (QED) is 0.515. The van der Waals surface area contributed by atoms with E-state index in [4.69, 9.17) is 0 Å². The largest absolute Gasteiger partial charge is 0.326 e. The second kappa shape index (κ2) is 7.61. The average Bonchev–Trinajstić information content (AvgIpc) is 2.87. The molecule has 3 N–H and O–H groups in total. The third-order valence-corrected chi connectivity index (χ3v) is 3.70. The summed E-state index contributed by atoms with van der Waals surface area (Å²) < 4.78 is 14.2. The number of nitrogens with one attached hydrogen (secondary N) is 3. The van der Waals surface area contributed by atoms with Crippen LogP contribution in [0.25, 0.3) is 0 Å². The molecule has 22 heavy (non-hydrogen) atoms. The molecule has 2 heterocycles. The van der Waals surface area contributed by atoms with Crippen LogP contribution in [0.3, 0.4) is 0 Å². The highest BCUT2D eigenvalue weighted by atomic mass is 79.9. The molecule has 1 aromatic heterocycles. The molecule has 9 heteroatoms. The molecular formula is C13H17BrFN5O2. The molecule has 2 atom stereocenters. The summed E-state index contributed by atoms with van der Waals surface area (Å²) in [6.07, 6.45) is -1.21. The minimum Gasteiger partial charge on any atom is -0.326 e. The van der Waals surface area contributed by atoms with Gasteiger partial charge in [0, 0.05) is 6.42 Å². The number of hydrogen-bond donors (Lipinski definition) is 3. The van der Waals surface area contributed by atoms with Crippen molar-refractivity contribution in [2.24, 2.45) is 0 Å². The van der Waals surface area contributed by atoms with Crippen LogP contribution >= 0.6 is 15.9 Å². The Morgan fingerprint density at radius 1 is 1.50 bits per heavy atom. The Labute approximate surface area is 135 Å². The van der Waals surface area contributed by atoms with Gasteiger partial charge in [0.2, 0.25) is 11.8 Å². The number of amides is 2. The van der Waals surface area contributed by atoms with Crippen LogP contribution < -0.4 is 16.2 Å². The van der Waals surface area contributed by atoms with E-state index in [0.717, 1.165) is 0 Å². The fourth-order valence-electron chi connectivity index (χ4n) is 2.26. The van der Waals surface area contributed by atoms with Crippen molar-refractivity contribution < 1.29 is 14.0 Å². The zero-order chi connectivity index (χ0) is 16.1. The van der Waals surface area contributed by atoms with E-state index >= 15 is 0 Å². The number of alkyl halides is 1. The molecule has 7 nitrogen and oxygen atoms in total. The number of aromatic nitrogens is 1. The smallest absolute Gasteiger partial charge is 0.248 e. The maximum Gasteiger partial charge on any atom is 0.248 e.